The first-order valence-corrected chi connectivity index (χ1v) is 7.13. The van der Waals surface area contributed by atoms with Gasteiger partial charge in [-0.2, -0.15) is 5.10 Å². The lowest BCUT2D eigenvalue weighted by molar-refractivity contribution is 0.00578. The highest BCUT2D eigenvalue weighted by molar-refractivity contribution is 6.63. The molecule has 0 unspecified atom stereocenters. The van der Waals surface area contributed by atoms with Gasteiger partial charge in [0.05, 0.1) is 16.9 Å². The van der Waals surface area contributed by atoms with Crippen LogP contribution in [0.4, 0.5) is 0 Å². The van der Waals surface area contributed by atoms with E-state index in [2.05, 4.69) is 46.6 Å². The molecule has 1 aromatic heterocycles. The monoisotopic (exact) mass is 264 g/mol. The summed E-state index contributed by atoms with van der Waals surface area (Å²) in [4.78, 5) is 0. The van der Waals surface area contributed by atoms with Crippen LogP contribution >= 0.6 is 0 Å². The van der Waals surface area contributed by atoms with Gasteiger partial charge in [0.15, 0.2) is 0 Å². The Morgan fingerprint density at radius 1 is 1.05 bits per heavy atom. The van der Waals surface area contributed by atoms with Gasteiger partial charge >= 0.3 is 7.12 Å². The van der Waals surface area contributed by atoms with Gasteiger partial charge in [-0.15, -0.1) is 0 Å². The summed E-state index contributed by atoms with van der Waals surface area (Å²) >= 11 is 0. The molecule has 0 aliphatic carbocycles. The molecule has 0 N–H and O–H groups in total. The lowest BCUT2D eigenvalue weighted by atomic mass is 9.76. The molecule has 0 amide bonds. The van der Waals surface area contributed by atoms with Gasteiger partial charge in [-0.3, -0.25) is 4.68 Å². The Labute approximate surface area is 116 Å². The van der Waals surface area contributed by atoms with E-state index in [0.29, 0.717) is 0 Å². The minimum atomic E-state index is -0.302. The fraction of sp³-hybridized carbons (Fsp3) is 0.786. The van der Waals surface area contributed by atoms with Gasteiger partial charge in [0.25, 0.3) is 0 Å². The minimum Gasteiger partial charge on any atom is -0.399 e. The Hall–Kier alpha value is -0.805. The normalized spacial score (nSPS) is 21.1. The number of aromatic nitrogens is 2. The van der Waals surface area contributed by atoms with E-state index in [-0.39, 0.29) is 18.3 Å². The lowest BCUT2D eigenvalue weighted by Crippen LogP contribution is -2.41. The van der Waals surface area contributed by atoms with Crippen LogP contribution in [0.25, 0.3) is 0 Å². The number of aryl methyl sites for hydroxylation is 2. The maximum absolute atomic E-state index is 6.17. The average molecular weight is 264 g/mol. The molecule has 1 aliphatic heterocycles. The van der Waals surface area contributed by atoms with Crippen molar-refractivity contribution in [2.45, 2.75) is 65.6 Å². The SMILES string of the molecule is CCc1nn(C)c(CC)c1B1OC(C)(C)C(C)(C)O1. The quantitative estimate of drug-likeness (QED) is 0.782. The van der Waals surface area contributed by atoms with Crippen LogP contribution in [0.15, 0.2) is 0 Å². The predicted octanol–water partition coefficient (Wildman–Crippen LogP) is 1.84. The third-order valence-electron chi connectivity index (χ3n) is 4.44. The van der Waals surface area contributed by atoms with Gasteiger partial charge in [-0.05, 0) is 40.5 Å². The molecule has 106 valence electrons. The van der Waals surface area contributed by atoms with E-state index in [1.165, 1.54) is 5.69 Å². The van der Waals surface area contributed by atoms with Crippen LogP contribution in [0.5, 0.6) is 0 Å². The molecule has 1 saturated heterocycles. The highest BCUT2D eigenvalue weighted by Crippen LogP contribution is 2.37. The third kappa shape index (κ3) is 2.23. The summed E-state index contributed by atoms with van der Waals surface area (Å²) in [5, 5.41) is 4.60. The fourth-order valence-electron chi connectivity index (χ4n) is 2.55. The summed E-state index contributed by atoms with van der Waals surface area (Å²) < 4.78 is 14.3. The van der Waals surface area contributed by atoms with Crippen LogP contribution in [-0.2, 0) is 29.2 Å². The van der Waals surface area contributed by atoms with Gasteiger partial charge in [-0.25, -0.2) is 0 Å². The first kappa shape index (κ1) is 14.6. The molecule has 1 aliphatic rings. The zero-order valence-electron chi connectivity index (χ0n) is 13.2. The predicted molar refractivity (Wildman–Crippen MR) is 77.7 cm³/mol. The minimum absolute atomic E-state index is 0.302. The molecular weight excluding hydrogens is 239 g/mol. The number of hydrogen-bond acceptors (Lipinski definition) is 3. The molecule has 19 heavy (non-hydrogen) atoms. The zero-order valence-corrected chi connectivity index (χ0v) is 13.2. The molecule has 0 atom stereocenters. The second kappa shape index (κ2) is 4.63. The van der Waals surface area contributed by atoms with Gasteiger partial charge in [0.1, 0.15) is 0 Å². The number of nitrogens with zero attached hydrogens (tertiary/aromatic N) is 2. The van der Waals surface area contributed by atoms with Crippen molar-refractivity contribution in [1.29, 1.82) is 0 Å². The van der Waals surface area contributed by atoms with Gasteiger partial charge in [0.2, 0.25) is 0 Å². The fourth-order valence-corrected chi connectivity index (χ4v) is 2.55. The molecule has 4 nitrogen and oxygen atoms in total. The Bertz CT molecular complexity index is 464. The molecule has 0 spiro atoms. The van der Waals surface area contributed by atoms with Gasteiger partial charge < -0.3 is 9.31 Å². The van der Waals surface area contributed by atoms with Crippen molar-refractivity contribution in [1.82, 2.24) is 9.78 Å². The van der Waals surface area contributed by atoms with E-state index in [9.17, 15) is 0 Å². The van der Waals surface area contributed by atoms with Crippen molar-refractivity contribution in [3.8, 4) is 0 Å². The highest BCUT2D eigenvalue weighted by Gasteiger charge is 2.53. The van der Waals surface area contributed by atoms with Crippen LogP contribution in [0.2, 0.25) is 0 Å². The summed E-state index contributed by atoms with van der Waals surface area (Å²) in [5.41, 5.74) is 2.81. The molecule has 0 radical (unpaired) electrons. The molecule has 2 heterocycles. The third-order valence-corrected chi connectivity index (χ3v) is 4.44. The second-order valence-electron chi connectivity index (χ2n) is 6.23. The Morgan fingerprint density at radius 3 is 2.00 bits per heavy atom. The zero-order chi connectivity index (χ0) is 14.4. The van der Waals surface area contributed by atoms with E-state index >= 15 is 0 Å². The molecule has 1 aromatic rings. The Kier molecular flexibility index (Phi) is 3.56. The van der Waals surface area contributed by atoms with Crippen LogP contribution in [0, 0.1) is 0 Å². The number of hydrogen-bond donors (Lipinski definition) is 0. The van der Waals surface area contributed by atoms with Crippen LogP contribution < -0.4 is 5.46 Å². The molecule has 1 fully saturated rings. The standard InChI is InChI=1S/C14H25BN2O2/c1-8-10-12(11(9-2)17(7)16-10)15-18-13(3,4)14(5,6)19-15/h8-9H2,1-7H3. The van der Waals surface area contributed by atoms with Gasteiger partial charge in [-0.1, -0.05) is 13.8 Å². The van der Waals surface area contributed by atoms with Crippen molar-refractivity contribution < 1.29 is 9.31 Å². The smallest absolute Gasteiger partial charge is 0.399 e. The first-order valence-electron chi connectivity index (χ1n) is 7.13. The van der Waals surface area contributed by atoms with E-state index in [1.807, 2.05) is 11.7 Å². The van der Waals surface area contributed by atoms with Crippen molar-refractivity contribution in [3.05, 3.63) is 11.4 Å². The summed E-state index contributed by atoms with van der Waals surface area (Å²) in [7, 11) is 1.69. The molecule has 0 saturated carbocycles. The lowest BCUT2D eigenvalue weighted by Gasteiger charge is -2.32. The van der Waals surface area contributed by atoms with Crippen molar-refractivity contribution >= 4 is 12.6 Å². The molecule has 0 bridgehead atoms. The Morgan fingerprint density at radius 2 is 1.58 bits per heavy atom. The second-order valence-corrected chi connectivity index (χ2v) is 6.23. The van der Waals surface area contributed by atoms with Crippen molar-refractivity contribution in [3.63, 3.8) is 0 Å². The molecule has 5 heteroatoms. The summed E-state index contributed by atoms with van der Waals surface area (Å²) in [5.74, 6) is 0. The molecule has 2 rings (SSSR count). The van der Waals surface area contributed by atoms with E-state index in [0.717, 1.165) is 24.0 Å². The first-order chi connectivity index (χ1) is 8.73. The maximum atomic E-state index is 6.17. The topological polar surface area (TPSA) is 36.3 Å². The summed E-state index contributed by atoms with van der Waals surface area (Å²) in [6, 6.07) is 0. The highest BCUT2D eigenvalue weighted by atomic mass is 16.7. The van der Waals surface area contributed by atoms with Gasteiger partial charge in [0, 0.05) is 18.2 Å². The Balaban J connectivity index is 2.44. The number of rotatable bonds is 3. The van der Waals surface area contributed by atoms with E-state index in [1.54, 1.807) is 0 Å². The van der Waals surface area contributed by atoms with Crippen LogP contribution in [0.3, 0.4) is 0 Å². The summed E-state index contributed by atoms with van der Waals surface area (Å²) in [6.45, 7) is 12.6. The largest absolute Gasteiger partial charge is 0.498 e. The van der Waals surface area contributed by atoms with E-state index < -0.39 is 0 Å². The average Bonchev–Trinajstić information content (AvgIpc) is 2.73. The van der Waals surface area contributed by atoms with Crippen LogP contribution in [0.1, 0.15) is 52.9 Å². The maximum Gasteiger partial charge on any atom is 0.498 e. The summed E-state index contributed by atoms with van der Waals surface area (Å²) in [6.07, 6.45) is 1.83. The van der Waals surface area contributed by atoms with Crippen molar-refractivity contribution in [2.24, 2.45) is 7.05 Å². The van der Waals surface area contributed by atoms with Crippen LogP contribution in [-0.4, -0.2) is 28.1 Å². The van der Waals surface area contributed by atoms with E-state index in [4.69, 9.17) is 9.31 Å². The molecular formula is C14H25BN2O2. The van der Waals surface area contributed by atoms with Crippen molar-refractivity contribution in [2.75, 3.05) is 0 Å². The molecule has 0 aromatic carbocycles.